The summed E-state index contributed by atoms with van der Waals surface area (Å²) in [6.45, 7) is -2.82. The third-order valence-electron chi connectivity index (χ3n) is 5.05. The summed E-state index contributed by atoms with van der Waals surface area (Å²) in [7, 11) is 0. The van der Waals surface area contributed by atoms with Gasteiger partial charge in [0.25, 0.3) is 17.7 Å². The topological polar surface area (TPSA) is 75.7 Å². The summed E-state index contributed by atoms with van der Waals surface area (Å²) >= 11 is 0. The zero-order valence-electron chi connectivity index (χ0n) is 16.8. The van der Waals surface area contributed by atoms with Crippen LogP contribution >= 0.6 is 0 Å². The fraction of sp³-hybridized carbons (Fsp3) is 0.125. The Morgan fingerprint density at radius 3 is 2.34 bits per heavy atom. The maximum absolute atomic E-state index is 12.8. The van der Waals surface area contributed by atoms with Crippen LogP contribution in [-0.2, 0) is 6.42 Å². The maximum atomic E-state index is 12.8. The first kappa shape index (κ1) is 21.2. The third kappa shape index (κ3) is 4.34. The van der Waals surface area contributed by atoms with E-state index >= 15 is 0 Å². The molecule has 0 atom stereocenters. The number of hydrogen-bond acceptors (Lipinski definition) is 4. The monoisotopic (exact) mass is 436 g/mol. The van der Waals surface area contributed by atoms with Gasteiger partial charge < -0.3 is 10.1 Å². The number of nitrogens with zero attached hydrogens (tertiary/aromatic N) is 1. The van der Waals surface area contributed by atoms with E-state index in [2.05, 4.69) is 10.1 Å². The smallest absolute Gasteiger partial charge is 0.387 e. The lowest BCUT2D eigenvalue weighted by atomic mass is 10.1. The fourth-order valence-corrected chi connectivity index (χ4v) is 3.48. The number of carbonyl (C=O) groups is 3. The molecule has 0 radical (unpaired) electrons. The van der Waals surface area contributed by atoms with Crippen molar-refractivity contribution >= 4 is 23.4 Å². The molecule has 0 aliphatic carbocycles. The lowest BCUT2D eigenvalue weighted by molar-refractivity contribution is -0.0493. The summed E-state index contributed by atoms with van der Waals surface area (Å²) in [6, 6.07) is 19.4. The molecule has 162 valence electrons. The molecule has 1 aliphatic rings. The number of fused-ring (bicyclic) bond motifs is 1. The largest absolute Gasteiger partial charge is 0.433 e. The Balaban J connectivity index is 1.51. The molecule has 32 heavy (non-hydrogen) atoms. The predicted molar refractivity (Wildman–Crippen MR) is 113 cm³/mol. The third-order valence-corrected chi connectivity index (χ3v) is 5.05. The quantitative estimate of drug-likeness (QED) is 0.558. The van der Waals surface area contributed by atoms with E-state index in [1.807, 2.05) is 30.3 Å². The van der Waals surface area contributed by atoms with E-state index in [1.54, 1.807) is 6.07 Å². The number of amides is 3. The molecular formula is C24H18F2N2O4. The average molecular weight is 436 g/mol. The highest BCUT2D eigenvalue weighted by atomic mass is 19.3. The molecular weight excluding hydrogens is 418 g/mol. The van der Waals surface area contributed by atoms with Crippen LogP contribution in [0, 0.1) is 0 Å². The highest BCUT2D eigenvalue weighted by Gasteiger charge is 2.35. The van der Waals surface area contributed by atoms with Crippen LogP contribution < -0.4 is 10.1 Å². The lowest BCUT2D eigenvalue weighted by Crippen LogP contribution is -2.31. The minimum atomic E-state index is -3.04. The summed E-state index contributed by atoms with van der Waals surface area (Å²) in [6.07, 6.45) is 0.514. The molecule has 1 aliphatic heterocycles. The van der Waals surface area contributed by atoms with E-state index in [1.165, 1.54) is 36.4 Å². The van der Waals surface area contributed by atoms with Crippen molar-refractivity contribution in [2.24, 2.45) is 0 Å². The number of benzene rings is 3. The second-order valence-electron chi connectivity index (χ2n) is 7.09. The molecule has 0 spiro atoms. The Kier molecular flexibility index (Phi) is 5.93. The molecule has 1 N–H and O–H groups in total. The van der Waals surface area contributed by atoms with Crippen molar-refractivity contribution in [3.63, 3.8) is 0 Å². The SMILES string of the molecule is O=C(Nc1ccccc1OC(F)F)c1ccc2c(c1)C(=O)N(CCc1ccccc1)C2=O. The van der Waals surface area contributed by atoms with Gasteiger partial charge in [0.2, 0.25) is 0 Å². The van der Waals surface area contributed by atoms with Gasteiger partial charge in [-0.1, -0.05) is 42.5 Å². The van der Waals surface area contributed by atoms with E-state index in [0.717, 1.165) is 10.5 Å². The number of rotatable bonds is 7. The van der Waals surface area contributed by atoms with Gasteiger partial charge in [0.1, 0.15) is 5.75 Å². The maximum Gasteiger partial charge on any atom is 0.387 e. The van der Waals surface area contributed by atoms with Crippen molar-refractivity contribution < 1.29 is 27.9 Å². The Hall–Kier alpha value is -4.07. The van der Waals surface area contributed by atoms with Crippen molar-refractivity contribution in [1.29, 1.82) is 0 Å². The first-order chi connectivity index (χ1) is 15.4. The molecule has 3 aromatic carbocycles. The van der Waals surface area contributed by atoms with E-state index in [4.69, 9.17) is 0 Å². The molecule has 0 saturated heterocycles. The molecule has 3 aromatic rings. The Morgan fingerprint density at radius 1 is 0.906 bits per heavy atom. The van der Waals surface area contributed by atoms with Gasteiger partial charge in [0.05, 0.1) is 16.8 Å². The second-order valence-corrected chi connectivity index (χ2v) is 7.09. The first-order valence-electron chi connectivity index (χ1n) is 9.83. The van der Waals surface area contributed by atoms with Crippen LogP contribution in [-0.4, -0.2) is 35.8 Å². The molecule has 3 amide bonds. The van der Waals surface area contributed by atoms with Gasteiger partial charge >= 0.3 is 6.61 Å². The number of para-hydroxylation sites is 2. The van der Waals surface area contributed by atoms with Gasteiger partial charge in [-0.05, 0) is 42.3 Å². The molecule has 4 rings (SSSR count). The van der Waals surface area contributed by atoms with Crippen molar-refractivity contribution in [2.45, 2.75) is 13.0 Å². The average Bonchev–Trinajstić information content (AvgIpc) is 3.03. The van der Waals surface area contributed by atoms with Crippen LogP contribution in [0.25, 0.3) is 0 Å². The van der Waals surface area contributed by atoms with Crippen LogP contribution in [0.4, 0.5) is 14.5 Å². The van der Waals surface area contributed by atoms with Gasteiger partial charge in [-0.15, -0.1) is 0 Å². The van der Waals surface area contributed by atoms with Crippen LogP contribution in [0.1, 0.15) is 36.6 Å². The molecule has 0 unspecified atom stereocenters. The van der Waals surface area contributed by atoms with Crippen molar-refractivity contribution in [1.82, 2.24) is 4.90 Å². The molecule has 6 nitrogen and oxygen atoms in total. The van der Waals surface area contributed by atoms with Gasteiger partial charge in [0.15, 0.2) is 0 Å². The Bertz CT molecular complexity index is 1180. The number of carbonyl (C=O) groups excluding carboxylic acids is 3. The van der Waals surface area contributed by atoms with Crippen LogP contribution in [0.2, 0.25) is 0 Å². The van der Waals surface area contributed by atoms with E-state index in [9.17, 15) is 23.2 Å². The lowest BCUT2D eigenvalue weighted by Gasteiger charge is -2.13. The minimum Gasteiger partial charge on any atom is -0.433 e. The number of nitrogens with one attached hydrogen (secondary N) is 1. The van der Waals surface area contributed by atoms with Gasteiger partial charge in [-0.2, -0.15) is 8.78 Å². The number of imide groups is 1. The summed E-state index contributed by atoms with van der Waals surface area (Å²) in [5, 5.41) is 2.50. The normalized spacial score (nSPS) is 12.8. The van der Waals surface area contributed by atoms with Gasteiger partial charge in [0, 0.05) is 12.1 Å². The predicted octanol–water partition coefficient (Wildman–Crippen LogP) is 4.38. The number of hydrogen-bond donors (Lipinski definition) is 1. The summed E-state index contributed by atoms with van der Waals surface area (Å²) < 4.78 is 29.6. The molecule has 1 heterocycles. The van der Waals surface area contributed by atoms with Crippen molar-refractivity contribution in [2.75, 3.05) is 11.9 Å². The van der Waals surface area contributed by atoms with Crippen molar-refractivity contribution in [3.05, 3.63) is 95.1 Å². The van der Waals surface area contributed by atoms with E-state index in [0.29, 0.717) is 6.42 Å². The molecule has 0 aromatic heterocycles. The molecule has 0 saturated carbocycles. The second kappa shape index (κ2) is 8.97. The standard InChI is InChI=1S/C24H18F2N2O4/c25-24(26)32-20-9-5-4-8-19(20)27-21(29)16-10-11-17-18(14-16)23(31)28(22(17)30)13-12-15-6-2-1-3-7-15/h1-11,14,24H,12-13H2,(H,27,29). The Labute approximate surface area is 182 Å². The minimum absolute atomic E-state index is 0.0604. The zero-order valence-corrected chi connectivity index (χ0v) is 16.8. The summed E-state index contributed by atoms with van der Waals surface area (Å²) in [5.41, 5.74) is 1.52. The molecule has 0 bridgehead atoms. The molecule has 8 heteroatoms. The number of halogens is 2. The van der Waals surface area contributed by atoms with Gasteiger partial charge in [-0.25, -0.2) is 0 Å². The number of anilines is 1. The van der Waals surface area contributed by atoms with Crippen LogP contribution in [0.15, 0.2) is 72.8 Å². The summed E-state index contributed by atoms with van der Waals surface area (Å²) in [5.74, 6) is -1.70. The van der Waals surface area contributed by atoms with Crippen LogP contribution in [0.3, 0.4) is 0 Å². The zero-order chi connectivity index (χ0) is 22.7. The van der Waals surface area contributed by atoms with E-state index in [-0.39, 0.29) is 34.7 Å². The fourth-order valence-electron chi connectivity index (χ4n) is 3.48. The number of ether oxygens (including phenoxy) is 1. The molecule has 0 fully saturated rings. The van der Waals surface area contributed by atoms with Crippen molar-refractivity contribution in [3.8, 4) is 5.75 Å². The van der Waals surface area contributed by atoms with Gasteiger partial charge in [-0.3, -0.25) is 19.3 Å². The highest BCUT2D eigenvalue weighted by Crippen LogP contribution is 2.28. The van der Waals surface area contributed by atoms with Crippen LogP contribution in [0.5, 0.6) is 5.75 Å². The Morgan fingerprint density at radius 2 is 1.59 bits per heavy atom. The summed E-state index contributed by atoms with van der Waals surface area (Å²) in [4.78, 5) is 39.3. The number of alkyl halides is 2. The van der Waals surface area contributed by atoms with E-state index < -0.39 is 24.3 Å². The highest BCUT2D eigenvalue weighted by molar-refractivity contribution is 6.22. The first-order valence-corrected chi connectivity index (χ1v) is 9.83.